The smallest absolute Gasteiger partial charge is 0.166 e. The monoisotopic (exact) mass is 201 g/mol. The Hall–Kier alpha value is -0.800. The van der Waals surface area contributed by atoms with Crippen LogP contribution in [0.5, 0.6) is 5.75 Å². The van der Waals surface area contributed by atoms with Crippen LogP contribution in [-0.4, -0.2) is 6.61 Å². The summed E-state index contributed by atoms with van der Waals surface area (Å²) in [4.78, 5) is 0. The van der Waals surface area contributed by atoms with Crippen molar-refractivity contribution in [3.8, 4) is 5.75 Å². The van der Waals surface area contributed by atoms with Gasteiger partial charge < -0.3 is 10.5 Å². The number of fused-ring (bicyclic) bond motifs is 1. The maximum atomic E-state index is 13.2. The van der Waals surface area contributed by atoms with Crippen LogP contribution in [0.3, 0.4) is 0 Å². The van der Waals surface area contributed by atoms with E-state index in [0.29, 0.717) is 23.6 Å². The first-order valence-electron chi connectivity index (χ1n) is 4.06. The summed E-state index contributed by atoms with van der Waals surface area (Å²) in [6, 6.07) is 2.72. The Morgan fingerprint density at radius 2 is 2.31 bits per heavy atom. The second kappa shape index (κ2) is 3.16. The number of hydrogen-bond donors (Lipinski definition) is 1. The number of benzene rings is 1. The van der Waals surface area contributed by atoms with Gasteiger partial charge in [0.25, 0.3) is 0 Å². The van der Waals surface area contributed by atoms with Gasteiger partial charge in [-0.1, -0.05) is 11.6 Å². The van der Waals surface area contributed by atoms with E-state index in [-0.39, 0.29) is 11.8 Å². The first-order valence-corrected chi connectivity index (χ1v) is 4.43. The molecule has 0 radical (unpaired) electrons. The van der Waals surface area contributed by atoms with Crippen LogP contribution in [0.4, 0.5) is 4.39 Å². The predicted molar refractivity (Wildman–Crippen MR) is 48.5 cm³/mol. The van der Waals surface area contributed by atoms with Crippen LogP contribution in [0.25, 0.3) is 0 Å². The lowest BCUT2D eigenvalue weighted by Gasteiger charge is -2.23. The highest BCUT2D eigenvalue weighted by Crippen LogP contribution is 2.35. The lowest BCUT2D eigenvalue weighted by atomic mass is 10.0. The van der Waals surface area contributed by atoms with E-state index in [1.807, 2.05) is 0 Å². The summed E-state index contributed by atoms with van der Waals surface area (Å²) in [6.07, 6.45) is 0.701. The first kappa shape index (κ1) is 8.78. The van der Waals surface area contributed by atoms with Crippen molar-refractivity contribution in [3.63, 3.8) is 0 Å². The number of hydrogen-bond acceptors (Lipinski definition) is 2. The zero-order valence-corrected chi connectivity index (χ0v) is 7.64. The van der Waals surface area contributed by atoms with Gasteiger partial charge in [-0.05, 0) is 12.1 Å². The van der Waals surface area contributed by atoms with Crippen LogP contribution >= 0.6 is 11.6 Å². The Morgan fingerprint density at radius 3 is 3.08 bits per heavy atom. The molecule has 0 saturated carbocycles. The van der Waals surface area contributed by atoms with Gasteiger partial charge in [-0.15, -0.1) is 0 Å². The van der Waals surface area contributed by atoms with E-state index in [9.17, 15) is 4.39 Å². The molecule has 0 aromatic heterocycles. The lowest BCUT2D eigenvalue weighted by molar-refractivity contribution is 0.255. The van der Waals surface area contributed by atoms with Crippen LogP contribution in [0.15, 0.2) is 12.1 Å². The zero-order valence-electron chi connectivity index (χ0n) is 6.89. The molecule has 1 aliphatic heterocycles. The summed E-state index contributed by atoms with van der Waals surface area (Å²) < 4.78 is 18.4. The molecular formula is C9H9ClFNO. The molecule has 0 spiro atoms. The quantitative estimate of drug-likeness (QED) is 0.699. The van der Waals surface area contributed by atoms with Gasteiger partial charge in [0, 0.05) is 23.0 Å². The Balaban J connectivity index is 2.56. The van der Waals surface area contributed by atoms with Gasteiger partial charge in [0.05, 0.1) is 6.61 Å². The third kappa shape index (κ3) is 1.49. The average molecular weight is 202 g/mol. The molecular weight excluding hydrogens is 193 g/mol. The van der Waals surface area contributed by atoms with E-state index in [1.165, 1.54) is 6.07 Å². The van der Waals surface area contributed by atoms with Crippen molar-refractivity contribution in [3.05, 3.63) is 28.5 Å². The molecule has 2 rings (SSSR count). The summed E-state index contributed by atoms with van der Waals surface area (Å²) in [6.45, 7) is 0.465. The molecule has 0 saturated heterocycles. The van der Waals surface area contributed by atoms with Crippen LogP contribution in [-0.2, 0) is 0 Å². The van der Waals surface area contributed by atoms with E-state index in [4.69, 9.17) is 22.1 Å². The van der Waals surface area contributed by atoms with Crippen molar-refractivity contribution in [2.75, 3.05) is 6.61 Å². The molecule has 0 fully saturated rings. The molecule has 0 bridgehead atoms. The number of ether oxygens (including phenoxy) is 1. The molecule has 1 atom stereocenters. The minimum Gasteiger partial charge on any atom is -0.490 e. The Bertz CT molecular complexity index is 343. The SMILES string of the molecule is N[C@@H]1CCOc2c(F)cc(Cl)cc21. The van der Waals surface area contributed by atoms with Gasteiger partial charge in [0.15, 0.2) is 11.6 Å². The Kier molecular flexibility index (Phi) is 2.14. The van der Waals surface area contributed by atoms with Crippen molar-refractivity contribution in [1.82, 2.24) is 0 Å². The molecule has 1 heterocycles. The van der Waals surface area contributed by atoms with E-state index < -0.39 is 5.82 Å². The van der Waals surface area contributed by atoms with E-state index in [2.05, 4.69) is 0 Å². The minimum atomic E-state index is -0.433. The predicted octanol–water partition coefficient (Wildman–Crippen LogP) is 2.26. The van der Waals surface area contributed by atoms with E-state index >= 15 is 0 Å². The van der Waals surface area contributed by atoms with E-state index in [0.717, 1.165) is 0 Å². The number of halogens is 2. The van der Waals surface area contributed by atoms with Crippen molar-refractivity contribution in [2.24, 2.45) is 5.73 Å². The van der Waals surface area contributed by atoms with Gasteiger partial charge in [0.2, 0.25) is 0 Å². The molecule has 1 aromatic rings. The number of rotatable bonds is 0. The van der Waals surface area contributed by atoms with Crippen molar-refractivity contribution < 1.29 is 9.13 Å². The standard InChI is InChI=1S/C9H9ClFNO/c10-5-3-6-8(12)1-2-13-9(6)7(11)4-5/h3-4,8H,1-2,12H2/t8-/m1/s1. The fraction of sp³-hybridized carbons (Fsp3) is 0.333. The molecule has 1 aromatic carbocycles. The zero-order chi connectivity index (χ0) is 9.42. The van der Waals surface area contributed by atoms with Gasteiger partial charge >= 0.3 is 0 Å². The third-order valence-electron chi connectivity index (χ3n) is 2.11. The Labute approximate surface area is 80.4 Å². The fourth-order valence-electron chi connectivity index (χ4n) is 1.45. The lowest BCUT2D eigenvalue weighted by Crippen LogP contribution is -2.21. The van der Waals surface area contributed by atoms with Crippen molar-refractivity contribution in [1.29, 1.82) is 0 Å². The molecule has 2 nitrogen and oxygen atoms in total. The largest absolute Gasteiger partial charge is 0.490 e. The van der Waals surface area contributed by atoms with Crippen LogP contribution in [0, 0.1) is 5.82 Å². The highest BCUT2D eigenvalue weighted by atomic mass is 35.5. The van der Waals surface area contributed by atoms with E-state index in [1.54, 1.807) is 6.07 Å². The highest BCUT2D eigenvalue weighted by molar-refractivity contribution is 6.30. The summed E-state index contributed by atoms with van der Waals surface area (Å²) in [7, 11) is 0. The van der Waals surface area contributed by atoms with Crippen LogP contribution in [0.2, 0.25) is 5.02 Å². The molecule has 70 valence electrons. The summed E-state index contributed by atoms with van der Waals surface area (Å²) in [5.41, 5.74) is 6.44. The molecule has 1 aliphatic rings. The topological polar surface area (TPSA) is 35.2 Å². The fourth-order valence-corrected chi connectivity index (χ4v) is 1.66. The maximum absolute atomic E-state index is 13.2. The van der Waals surface area contributed by atoms with Crippen LogP contribution in [0.1, 0.15) is 18.0 Å². The van der Waals surface area contributed by atoms with Crippen molar-refractivity contribution in [2.45, 2.75) is 12.5 Å². The molecule has 0 amide bonds. The van der Waals surface area contributed by atoms with Gasteiger partial charge in [-0.3, -0.25) is 0 Å². The normalized spacial score (nSPS) is 20.7. The average Bonchev–Trinajstić information content (AvgIpc) is 2.07. The molecule has 0 aliphatic carbocycles. The third-order valence-corrected chi connectivity index (χ3v) is 2.33. The minimum absolute atomic E-state index is 0.169. The second-order valence-electron chi connectivity index (χ2n) is 3.05. The second-order valence-corrected chi connectivity index (χ2v) is 3.49. The molecule has 2 N–H and O–H groups in total. The molecule has 4 heteroatoms. The first-order chi connectivity index (χ1) is 6.18. The molecule has 0 unspecified atom stereocenters. The Morgan fingerprint density at radius 1 is 1.54 bits per heavy atom. The van der Waals surface area contributed by atoms with Crippen LogP contribution < -0.4 is 10.5 Å². The summed E-state index contributed by atoms with van der Waals surface area (Å²) >= 11 is 5.70. The molecule has 13 heavy (non-hydrogen) atoms. The summed E-state index contributed by atoms with van der Waals surface area (Å²) in [5.74, 6) is -0.180. The highest BCUT2D eigenvalue weighted by Gasteiger charge is 2.21. The van der Waals surface area contributed by atoms with Gasteiger partial charge in [-0.2, -0.15) is 0 Å². The van der Waals surface area contributed by atoms with Crippen molar-refractivity contribution >= 4 is 11.6 Å². The van der Waals surface area contributed by atoms with Gasteiger partial charge in [0.1, 0.15) is 0 Å². The maximum Gasteiger partial charge on any atom is 0.166 e. The van der Waals surface area contributed by atoms with Gasteiger partial charge in [-0.25, -0.2) is 4.39 Å². The summed E-state index contributed by atoms with van der Waals surface area (Å²) in [5, 5.41) is 0.359. The number of nitrogens with two attached hydrogens (primary N) is 1.